The number of benzene rings is 1. The van der Waals surface area contributed by atoms with E-state index in [2.05, 4.69) is 0 Å². The van der Waals surface area contributed by atoms with Gasteiger partial charge in [-0.25, -0.2) is 0 Å². The topological polar surface area (TPSA) is 46.2 Å². The minimum absolute atomic E-state index is 0.0830. The summed E-state index contributed by atoms with van der Waals surface area (Å²) in [5.41, 5.74) is 7.21. The second-order valence-corrected chi connectivity index (χ2v) is 4.10. The molecule has 1 aromatic carbocycles. The first-order valence-corrected chi connectivity index (χ1v) is 5.08. The van der Waals surface area contributed by atoms with Crippen LogP contribution in [0.5, 0.6) is 0 Å². The van der Waals surface area contributed by atoms with Crippen molar-refractivity contribution in [2.75, 3.05) is 6.61 Å². The molecule has 0 fully saturated rings. The van der Waals surface area contributed by atoms with Crippen molar-refractivity contribution in [1.29, 1.82) is 0 Å². The van der Waals surface area contributed by atoms with Gasteiger partial charge in [0.1, 0.15) is 0 Å². The molecule has 14 heavy (non-hydrogen) atoms. The van der Waals surface area contributed by atoms with Crippen molar-refractivity contribution in [2.24, 2.45) is 5.73 Å². The summed E-state index contributed by atoms with van der Waals surface area (Å²) in [5.74, 6) is 0. The molecule has 3 heteroatoms. The molecule has 0 aliphatic rings. The molecule has 0 aliphatic heterocycles. The Morgan fingerprint density at radius 1 is 1.50 bits per heavy atom. The van der Waals surface area contributed by atoms with Crippen molar-refractivity contribution in [3.05, 3.63) is 34.3 Å². The van der Waals surface area contributed by atoms with Gasteiger partial charge in [-0.3, -0.25) is 0 Å². The predicted molar refractivity (Wildman–Crippen MR) is 59.5 cm³/mol. The van der Waals surface area contributed by atoms with E-state index < -0.39 is 5.54 Å². The van der Waals surface area contributed by atoms with Gasteiger partial charge in [-0.1, -0.05) is 30.7 Å². The summed E-state index contributed by atoms with van der Waals surface area (Å²) in [6.07, 6.45) is 0.821. The van der Waals surface area contributed by atoms with Crippen LogP contribution >= 0.6 is 11.6 Å². The van der Waals surface area contributed by atoms with Crippen LogP contribution in [0.4, 0.5) is 0 Å². The van der Waals surface area contributed by atoms with Gasteiger partial charge in [0, 0.05) is 5.02 Å². The van der Waals surface area contributed by atoms with Crippen LogP contribution in [0.2, 0.25) is 5.02 Å². The van der Waals surface area contributed by atoms with E-state index in [9.17, 15) is 5.11 Å². The van der Waals surface area contributed by atoms with Crippen LogP contribution in [0.3, 0.4) is 0 Å². The van der Waals surface area contributed by atoms with Crippen LogP contribution in [0.25, 0.3) is 0 Å². The average Bonchev–Trinajstić information content (AvgIpc) is 2.17. The Hall–Kier alpha value is -0.570. The third kappa shape index (κ3) is 2.08. The van der Waals surface area contributed by atoms with Crippen molar-refractivity contribution in [3.63, 3.8) is 0 Å². The average molecular weight is 214 g/mol. The number of halogens is 1. The first-order chi connectivity index (χ1) is 6.53. The van der Waals surface area contributed by atoms with Crippen LogP contribution in [0, 0.1) is 0 Å². The molecule has 2 nitrogen and oxygen atoms in total. The van der Waals surface area contributed by atoms with Crippen molar-refractivity contribution >= 4 is 11.6 Å². The van der Waals surface area contributed by atoms with E-state index in [0.29, 0.717) is 0 Å². The van der Waals surface area contributed by atoms with Gasteiger partial charge in [0.15, 0.2) is 0 Å². The van der Waals surface area contributed by atoms with E-state index in [4.69, 9.17) is 17.3 Å². The third-order valence-corrected chi connectivity index (χ3v) is 2.77. The molecule has 3 N–H and O–H groups in total. The summed E-state index contributed by atoms with van der Waals surface area (Å²) >= 11 is 6.06. The van der Waals surface area contributed by atoms with Crippen LogP contribution in [0.15, 0.2) is 18.2 Å². The molecule has 0 bridgehead atoms. The van der Waals surface area contributed by atoms with E-state index in [1.807, 2.05) is 25.1 Å². The van der Waals surface area contributed by atoms with Gasteiger partial charge in [0.05, 0.1) is 12.1 Å². The van der Waals surface area contributed by atoms with Crippen LogP contribution in [-0.2, 0) is 12.0 Å². The highest BCUT2D eigenvalue weighted by molar-refractivity contribution is 6.31. The summed E-state index contributed by atoms with van der Waals surface area (Å²) in [7, 11) is 0. The molecule has 0 saturated carbocycles. The number of aliphatic hydroxyl groups is 1. The molecule has 0 radical (unpaired) electrons. The zero-order valence-corrected chi connectivity index (χ0v) is 9.30. The first-order valence-electron chi connectivity index (χ1n) is 4.70. The van der Waals surface area contributed by atoms with E-state index in [1.54, 1.807) is 6.92 Å². The lowest BCUT2D eigenvalue weighted by Crippen LogP contribution is -2.38. The molecule has 0 aromatic heterocycles. The van der Waals surface area contributed by atoms with E-state index >= 15 is 0 Å². The number of nitrogens with two attached hydrogens (primary N) is 1. The molecule has 1 aromatic rings. The fraction of sp³-hybridized carbons (Fsp3) is 0.455. The van der Waals surface area contributed by atoms with Crippen molar-refractivity contribution in [3.8, 4) is 0 Å². The minimum Gasteiger partial charge on any atom is -0.394 e. The van der Waals surface area contributed by atoms with Gasteiger partial charge in [-0.05, 0) is 30.5 Å². The molecule has 0 saturated heterocycles. The summed E-state index contributed by atoms with van der Waals surface area (Å²) < 4.78 is 0. The summed E-state index contributed by atoms with van der Waals surface area (Å²) in [5, 5.41) is 9.91. The number of hydrogen-bond acceptors (Lipinski definition) is 2. The molecule has 0 unspecified atom stereocenters. The molecule has 0 spiro atoms. The smallest absolute Gasteiger partial charge is 0.0650 e. The molecule has 0 heterocycles. The summed E-state index contributed by atoms with van der Waals surface area (Å²) in [4.78, 5) is 0. The third-order valence-electron chi connectivity index (χ3n) is 2.42. The van der Waals surface area contributed by atoms with Gasteiger partial charge in [-0.2, -0.15) is 0 Å². The monoisotopic (exact) mass is 213 g/mol. The highest BCUT2D eigenvalue weighted by Gasteiger charge is 2.23. The molecule has 1 atom stereocenters. The Balaban J connectivity index is 3.27. The Morgan fingerprint density at radius 2 is 2.14 bits per heavy atom. The zero-order valence-electron chi connectivity index (χ0n) is 8.55. The largest absolute Gasteiger partial charge is 0.394 e. The molecular weight excluding hydrogens is 198 g/mol. The van der Waals surface area contributed by atoms with Crippen molar-refractivity contribution < 1.29 is 5.11 Å². The maximum absolute atomic E-state index is 9.19. The Kier molecular flexibility index (Phi) is 3.53. The van der Waals surface area contributed by atoms with Crippen LogP contribution < -0.4 is 5.73 Å². The molecule has 0 amide bonds. The standard InChI is InChI=1S/C11H16ClNO/c1-3-8-9(11(2,13)7-14)5-4-6-10(8)12/h4-6,14H,3,7,13H2,1-2H3/t11-/m1/s1. The zero-order chi connectivity index (χ0) is 10.8. The van der Waals surface area contributed by atoms with Gasteiger partial charge in [-0.15, -0.1) is 0 Å². The van der Waals surface area contributed by atoms with E-state index in [0.717, 1.165) is 22.6 Å². The Labute approximate surface area is 89.7 Å². The van der Waals surface area contributed by atoms with E-state index in [-0.39, 0.29) is 6.61 Å². The second kappa shape index (κ2) is 4.30. The summed E-state index contributed by atoms with van der Waals surface area (Å²) in [6, 6.07) is 5.62. The normalized spacial score (nSPS) is 15.2. The van der Waals surface area contributed by atoms with Crippen molar-refractivity contribution in [2.45, 2.75) is 25.8 Å². The molecule has 0 aliphatic carbocycles. The highest BCUT2D eigenvalue weighted by atomic mass is 35.5. The molecule has 1 rings (SSSR count). The molecule has 78 valence electrons. The number of aliphatic hydroxyl groups excluding tert-OH is 1. The van der Waals surface area contributed by atoms with Crippen molar-refractivity contribution in [1.82, 2.24) is 0 Å². The van der Waals surface area contributed by atoms with Gasteiger partial charge in [0.25, 0.3) is 0 Å². The highest BCUT2D eigenvalue weighted by Crippen LogP contribution is 2.27. The molecular formula is C11H16ClNO. The number of rotatable bonds is 3. The van der Waals surface area contributed by atoms with E-state index in [1.165, 1.54) is 0 Å². The lowest BCUT2D eigenvalue weighted by Gasteiger charge is -2.25. The Bertz CT molecular complexity index is 323. The number of hydrogen-bond donors (Lipinski definition) is 2. The summed E-state index contributed by atoms with van der Waals surface area (Å²) in [6.45, 7) is 3.75. The first kappa shape index (κ1) is 11.5. The van der Waals surface area contributed by atoms with Gasteiger partial charge >= 0.3 is 0 Å². The second-order valence-electron chi connectivity index (χ2n) is 3.70. The lowest BCUT2D eigenvalue weighted by atomic mass is 9.89. The fourth-order valence-electron chi connectivity index (χ4n) is 1.54. The maximum atomic E-state index is 9.19. The minimum atomic E-state index is -0.712. The van der Waals surface area contributed by atoms with Gasteiger partial charge < -0.3 is 10.8 Å². The fourth-order valence-corrected chi connectivity index (χ4v) is 1.85. The quantitative estimate of drug-likeness (QED) is 0.808. The Morgan fingerprint density at radius 3 is 2.64 bits per heavy atom. The SMILES string of the molecule is CCc1c(Cl)cccc1[C@](C)(N)CO. The van der Waals surface area contributed by atoms with Crippen LogP contribution in [-0.4, -0.2) is 11.7 Å². The maximum Gasteiger partial charge on any atom is 0.0650 e. The lowest BCUT2D eigenvalue weighted by molar-refractivity contribution is 0.209. The van der Waals surface area contributed by atoms with Gasteiger partial charge in [0.2, 0.25) is 0 Å². The predicted octanol–water partition coefficient (Wildman–Crippen LogP) is 2.07. The van der Waals surface area contributed by atoms with Crippen LogP contribution in [0.1, 0.15) is 25.0 Å².